The van der Waals surface area contributed by atoms with Gasteiger partial charge in [0, 0.05) is 30.4 Å². The normalized spacial score (nSPS) is 17.6. The molecule has 0 aromatic carbocycles. The molecule has 0 spiro atoms. The highest BCUT2D eigenvalue weighted by Gasteiger charge is 2.24. The minimum atomic E-state index is -0.262. The maximum Gasteiger partial charge on any atom is 0.274 e. The molecule has 0 unspecified atom stereocenters. The van der Waals surface area contributed by atoms with Crippen molar-refractivity contribution < 1.29 is 9.90 Å². The zero-order valence-electron chi connectivity index (χ0n) is 10.2. The van der Waals surface area contributed by atoms with E-state index in [-0.39, 0.29) is 12.0 Å². The molecule has 0 atom stereocenters. The van der Waals surface area contributed by atoms with Crippen molar-refractivity contribution in [2.45, 2.75) is 25.9 Å². The van der Waals surface area contributed by atoms with Gasteiger partial charge in [-0.2, -0.15) is 0 Å². The molecule has 2 aromatic heterocycles. The Bertz CT molecular complexity index is 581. The van der Waals surface area contributed by atoms with E-state index in [4.69, 9.17) is 0 Å². The average molecular weight is 265 g/mol. The molecule has 3 rings (SSSR count). The molecule has 1 aliphatic heterocycles. The highest BCUT2D eigenvalue weighted by atomic mass is 32.1. The second-order valence-corrected chi connectivity index (χ2v) is 5.52. The number of aryl methyl sites for hydroxylation is 1. The summed E-state index contributed by atoms with van der Waals surface area (Å²) in [6, 6.07) is 0. The number of fused-ring (bicyclic) bond motifs is 1. The predicted molar refractivity (Wildman–Crippen MR) is 69.0 cm³/mol. The fourth-order valence-corrected chi connectivity index (χ4v) is 3.08. The van der Waals surface area contributed by atoms with Crippen LogP contribution in [0.5, 0.6) is 0 Å². The summed E-state index contributed by atoms with van der Waals surface area (Å²) in [4.78, 5) is 19.2. The molecule has 3 heterocycles. The molecule has 0 radical (unpaired) electrons. The van der Waals surface area contributed by atoms with E-state index in [1.54, 1.807) is 22.4 Å². The van der Waals surface area contributed by atoms with Gasteiger partial charge in [-0.05, 0) is 19.8 Å². The quantitative estimate of drug-likeness (QED) is 0.845. The Morgan fingerprint density at radius 1 is 1.50 bits per heavy atom. The molecule has 0 bridgehead atoms. The van der Waals surface area contributed by atoms with E-state index in [1.165, 1.54) is 0 Å². The summed E-state index contributed by atoms with van der Waals surface area (Å²) < 4.78 is 1.94. The average Bonchev–Trinajstić information content (AvgIpc) is 2.92. The third kappa shape index (κ3) is 1.91. The first-order valence-corrected chi connectivity index (χ1v) is 6.93. The number of piperidine rings is 1. The molecule has 1 amide bonds. The monoisotopic (exact) mass is 265 g/mol. The van der Waals surface area contributed by atoms with Crippen LogP contribution in [-0.2, 0) is 0 Å². The lowest BCUT2D eigenvalue weighted by atomic mass is 10.1. The largest absolute Gasteiger partial charge is 0.393 e. The van der Waals surface area contributed by atoms with Crippen molar-refractivity contribution in [2.75, 3.05) is 13.1 Å². The van der Waals surface area contributed by atoms with E-state index in [0.717, 1.165) is 10.7 Å². The molecule has 1 N–H and O–H groups in total. The van der Waals surface area contributed by atoms with E-state index in [1.807, 2.05) is 16.7 Å². The van der Waals surface area contributed by atoms with Gasteiger partial charge in [0.2, 0.25) is 0 Å². The van der Waals surface area contributed by atoms with Gasteiger partial charge in [0.25, 0.3) is 5.91 Å². The molecule has 1 saturated heterocycles. The number of hydrogen-bond donors (Lipinski definition) is 1. The number of hydrogen-bond acceptors (Lipinski definition) is 4. The van der Waals surface area contributed by atoms with Crippen LogP contribution in [-0.4, -0.2) is 44.5 Å². The van der Waals surface area contributed by atoms with Crippen molar-refractivity contribution in [3.63, 3.8) is 0 Å². The summed E-state index contributed by atoms with van der Waals surface area (Å²) in [5.74, 6) is -0.0304. The number of aliphatic hydroxyl groups is 1. The van der Waals surface area contributed by atoms with Crippen molar-refractivity contribution in [2.24, 2.45) is 0 Å². The molecule has 18 heavy (non-hydrogen) atoms. The lowest BCUT2D eigenvalue weighted by molar-refractivity contribution is 0.0542. The highest BCUT2D eigenvalue weighted by Crippen LogP contribution is 2.18. The van der Waals surface area contributed by atoms with E-state index in [2.05, 4.69) is 4.98 Å². The van der Waals surface area contributed by atoms with Gasteiger partial charge in [0.05, 0.1) is 6.10 Å². The molecule has 1 fully saturated rings. The fourth-order valence-electron chi connectivity index (χ4n) is 2.23. The van der Waals surface area contributed by atoms with Gasteiger partial charge < -0.3 is 10.0 Å². The van der Waals surface area contributed by atoms with Crippen LogP contribution >= 0.6 is 11.3 Å². The van der Waals surface area contributed by atoms with Gasteiger partial charge >= 0.3 is 0 Å². The second kappa shape index (κ2) is 4.37. The maximum absolute atomic E-state index is 12.3. The lowest BCUT2D eigenvalue weighted by Crippen LogP contribution is -2.40. The van der Waals surface area contributed by atoms with Crippen LogP contribution in [0.2, 0.25) is 0 Å². The number of aliphatic hydroxyl groups excluding tert-OH is 1. The Morgan fingerprint density at radius 3 is 2.89 bits per heavy atom. The molecule has 1 aliphatic rings. The number of aromatic nitrogens is 2. The van der Waals surface area contributed by atoms with Crippen LogP contribution in [0, 0.1) is 6.92 Å². The number of carbonyl (C=O) groups is 1. The van der Waals surface area contributed by atoms with Crippen molar-refractivity contribution in [1.82, 2.24) is 14.3 Å². The van der Waals surface area contributed by atoms with Crippen molar-refractivity contribution in [3.8, 4) is 0 Å². The molecular weight excluding hydrogens is 250 g/mol. The van der Waals surface area contributed by atoms with E-state index in [9.17, 15) is 9.90 Å². The zero-order chi connectivity index (χ0) is 12.7. The van der Waals surface area contributed by atoms with Crippen LogP contribution in [0.15, 0.2) is 11.6 Å². The summed E-state index contributed by atoms with van der Waals surface area (Å²) in [6.07, 6.45) is 2.86. The first-order valence-electron chi connectivity index (χ1n) is 6.05. The van der Waals surface area contributed by atoms with Gasteiger partial charge in [-0.1, -0.05) is 0 Å². The lowest BCUT2D eigenvalue weighted by Gasteiger charge is -2.28. The number of rotatable bonds is 1. The second-order valence-electron chi connectivity index (χ2n) is 4.68. The first-order chi connectivity index (χ1) is 8.65. The Kier molecular flexibility index (Phi) is 2.83. The van der Waals surface area contributed by atoms with Gasteiger partial charge in [-0.15, -0.1) is 11.3 Å². The third-order valence-corrected chi connectivity index (χ3v) is 4.32. The number of likely N-dealkylation sites (tertiary alicyclic amines) is 1. The van der Waals surface area contributed by atoms with Crippen molar-refractivity contribution in [3.05, 3.63) is 23.0 Å². The number of carbonyl (C=O) groups excluding carboxylic acids is 1. The summed E-state index contributed by atoms with van der Waals surface area (Å²) in [7, 11) is 0. The van der Waals surface area contributed by atoms with Gasteiger partial charge in [0.1, 0.15) is 5.69 Å². The smallest absolute Gasteiger partial charge is 0.274 e. The molecule has 5 nitrogen and oxygen atoms in total. The van der Waals surface area contributed by atoms with E-state index >= 15 is 0 Å². The minimum Gasteiger partial charge on any atom is -0.393 e. The number of amides is 1. The SMILES string of the molecule is Cc1csc2nc(C(=O)N3CCC(O)CC3)cn12. The molecular formula is C12H15N3O2S. The minimum absolute atomic E-state index is 0.0304. The molecule has 2 aromatic rings. The first kappa shape index (κ1) is 11.7. The highest BCUT2D eigenvalue weighted by molar-refractivity contribution is 7.15. The number of thiazole rings is 1. The van der Waals surface area contributed by atoms with Gasteiger partial charge in [0.15, 0.2) is 4.96 Å². The van der Waals surface area contributed by atoms with Crippen molar-refractivity contribution in [1.29, 1.82) is 0 Å². The van der Waals surface area contributed by atoms with E-state index in [0.29, 0.717) is 31.6 Å². The Hall–Kier alpha value is -1.40. The third-order valence-electron chi connectivity index (χ3n) is 3.36. The summed E-state index contributed by atoms with van der Waals surface area (Å²) in [5.41, 5.74) is 1.59. The van der Waals surface area contributed by atoms with Gasteiger partial charge in [-0.25, -0.2) is 4.98 Å². The van der Waals surface area contributed by atoms with Gasteiger partial charge in [-0.3, -0.25) is 9.20 Å². The van der Waals surface area contributed by atoms with Crippen LogP contribution in [0.3, 0.4) is 0 Å². The number of imidazole rings is 1. The maximum atomic E-state index is 12.3. The summed E-state index contributed by atoms with van der Waals surface area (Å²) >= 11 is 1.54. The Balaban J connectivity index is 1.83. The number of nitrogens with zero attached hydrogens (tertiary/aromatic N) is 3. The Morgan fingerprint density at radius 2 is 2.22 bits per heavy atom. The van der Waals surface area contributed by atoms with Crippen molar-refractivity contribution >= 4 is 22.2 Å². The Labute approximate surface area is 109 Å². The standard InChI is InChI=1S/C12H15N3O2S/c1-8-7-18-12-13-10(6-15(8)12)11(17)14-4-2-9(16)3-5-14/h6-7,9,16H,2-5H2,1H3. The molecule has 0 aliphatic carbocycles. The predicted octanol–water partition coefficient (Wildman–Crippen LogP) is 1.30. The van der Waals surface area contributed by atoms with Crippen LogP contribution in [0.4, 0.5) is 0 Å². The summed E-state index contributed by atoms with van der Waals surface area (Å²) in [5, 5.41) is 11.5. The van der Waals surface area contributed by atoms with E-state index < -0.39 is 0 Å². The zero-order valence-corrected chi connectivity index (χ0v) is 11.0. The fraction of sp³-hybridized carbons (Fsp3) is 0.500. The molecule has 96 valence electrons. The summed E-state index contributed by atoms with van der Waals surface area (Å²) in [6.45, 7) is 3.23. The molecule has 6 heteroatoms. The van der Waals surface area contributed by atoms with Crippen LogP contribution in [0.1, 0.15) is 29.0 Å². The molecule has 0 saturated carbocycles. The topological polar surface area (TPSA) is 57.8 Å². The van der Waals surface area contributed by atoms with Crippen LogP contribution in [0.25, 0.3) is 4.96 Å². The van der Waals surface area contributed by atoms with Crippen LogP contribution < -0.4 is 0 Å².